The first-order valence-corrected chi connectivity index (χ1v) is 11.0. The summed E-state index contributed by atoms with van der Waals surface area (Å²) in [6.45, 7) is 6.76. The number of carbonyl (C=O) groups excluding carboxylic acids is 2. The highest BCUT2D eigenvalue weighted by atomic mass is 32.1. The maximum atomic E-state index is 12.5. The van der Waals surface area contributed by atoms with Crippen molar-refractivity contribution in [2.24, 2.45) is 0 Å². The molecule has 4 heterocycles. The van der Waals surface area contributed by atoms with Crippen molar-refractivity contribution in [3.05, 3.63) is 36.0 Å². The fraction of sp³-hybridized carbons (Fsp3) is 0.450. The normalized spacial score (nSPS) is 14.9. The van der Waals surface area contributed by atoms with Crippen LogP contribution in [0.3, 0.4) is 0 Å². The van der Waals surface area contributed by atoms with Crippen molar-refractivity contribution in [1.29, 1.82) is 0 Å². The number of amides is 2. The van der Waals surface area contributed by atoms with Gasteiger partial charge >= 0.3 is 6.09 Å². The first kappa shape index (κ1) is 21.8. The van der Waals surface area contributed by atoms with E-state index in [0.29, 0.717) is 29.5 Å². The van der Waals surface area contributed by atoms with E-state index in [-0.39, 0.29) is 23.0 Å². The number of rotatable bonds is 4. The first-order chi connectivity index (χ1) is 15.3. The standard InChI is InChI=1S/C20H24N8O3S/c1-20(2,3)31-19(30)27-8-4-14(5-9-27)28-12-13(10-23-28)24-16(29)18-26-25-17(32-18)15-11-21-6-7-22-15/h6-7,10-12,14H,4-5,8-9H2,1-3H3,(H,24,29). The molecule has 0 atom stereocenters. The molecule has 0 unspecified atom stereocenters. The second-order valence-corrected chi connectivity index (χ2v) is 9.34. The van der Waals surface area contributed by atoms with Crippen LogP contribution in [0.2, 0.25) is 0 Å². The lowest BCUT2D eigenvalue weighted by atomic mass is 10.1. The number of aromatic nitrogens is 6. The minimum absolute atomic E-state index is 0.143. The van der Waals surface area contributed by atoms with E-state index in [4.69, 9.17) is 4.74 Å². The summed E-state index contributed by atoms with van der Waals surface area (Å²) in [5.41, 5.74) is 0.626. The molecule has 0 saturated carbocycles. The molecule has 3 aromatic heterocycles. The Bertz CT molecular complexity index is 1080. The number of nitrogens with zero attached hydrogens (tertiary/aromatic N) is 7. The second kappa shape index (κ2) is 8.99. The molecule has 32 heavy (non-hydrogen) atoms. The molecular weight excluding hydrogens is 432 g/mol. The zero-order valence-electron chi connectivity index (χ0n) is 18.1. The van der Waals surface area contributed by atoms with Gasteiger partial charge in [-0.1, -0.05) is 11.3 Å². The summed E-state index contributed by atoms with van der Waals surface area (Å²) in [5.74, 6) is -0.364. The van der Waals surface area contributed by atoms with Crippen molar-refractivity contribution < 1.29 is 14.3 Å². The molecule has 3 aromatic rings. The number of likely N-dealkylation sites (tertiary alicyclic amines) is 1. The molecular formula is C20H24N8O3S. The van der Waals surface area contributed by atoms with Crippen molar-refractivity contribution in [3.63, 3.8) is 0 Å². The lowest BCUT2D eigenvalue weighted by Gasteiger charge is -2.33. The van der Waals surface area contributed by atoms with E-state index in [9.17, 15) is 9.59 Å². The fourth-order valence-electron chi connectivity index (χ4n) is 3.25. The molecule has 1 saturated heterocycles. The van der Waals surface area contributed by atoms with Gasteiger partial charge in [0.1, 0.15) is 11.3 Å². The Kier molecular flexibility index (Phi) is 6.12. The van der Waals surface area contributed by atoms with Crippen LogP contribution in [-0.2, 0) is 4.74 Å². The Hall–Kier alpha value is -3.41. The van der Waals surface area contributed by atoms with E-state index in [1.807, 2.05) is 25.5 Å². The van der Waals surface area contributed by atoms with Gasteiger partial charge in [0.25, 0.3) is 5.91 Å². The predicted octanol–water partition coefficient (Wildman–Crippen LogP) is 3.02. The Morgan fingerprint density at radius 3 is 2.62 bits per heavy atom. The number of anilines is 1. The van der Waals surface area contributed by atoms with Crippen LogP contribution >= 0.6 is 11.3 Å². The van der Waals surface area contributed by atoms with Crippen LogP contribution in [0.5, 0.6) is 0 Å². The number of carbonyl (C=O) groups is 2. The topological polar surface area (TPSA) is 128 Å². The number of hydrogen-bond acceptors (Lipinski definition) is 9. The van der Waals surface area contributed by atoms with Crippen LogP contribution in [0, 0.1) is 0 Å². The van der Waals surface area contributed by atoms with E-state index >= 15 is 0 Å². The quantitative estimate of drug-likeness (QED) is 0.634. The molecule has 0 radical (unpaired) electrons. The summed E-state index contributed by atoms with van der Waals surface area (Å²) in [4.78, 5) is 34.6. The average Bonchev–Trinajstić information content (AvgIpc) is 3.43. The van der Waals surface area contributed by atoms with Crippen LogP contribution in [0.25, 0.3) is 10.7 Å². The lowest BCUT2D eigenvalue weighted by molar-refractivity contribution is 0.0184. The third kappa shape index (κ3) is 5.25. The van der Waals surface area contributed by atoms with Crippen molar-refractivity contribution in [2.45, 2.75) is 45.3 Å². The Morgan fingerprint density at radius 2 is 1.94 bits per heavy atom. The van der Waals surface area contributed by atoms with Gasteiger partial charge in [-0.05, 0) is 33.6 Å². The predicted molar refractivity (Wildman–Crippen MR) is 117 cm³/mol. The fourth-order valence-corrected chi connectivity index (χ4v) is 3.95. The Labute approximate surface area is 188 Å². The second-order valence-electron chi connectivity index (χ2n) is 8.36. The van der Waals surface area contributed by atoms with Crippen molar-refractivity contribution in [1.82, 2.24) is 34.8 Å². The molecule has 4 rings (SSSR count). The lowest BCUT2D eigenvalue weighted by Crippen LogP contribution is -2.42. The number of ether oxygens (including phenoxy) is 1. The van der Waals surface area contributed by atoms with Crippen LogP contribution in [0.4, 0.5) is 10.5 Å². The zero-order chi connectivity index (χ0) is 22.7. The number of nitrogens with one attached hydrogen (secondary N) is 1. The molecule has 11 nitrogen and oxygen atoms in total. The molecule has 0 aromatic carbocycles. The van der Waals surface area contributed by atoms with Crippen LogP contribution in [0.15, 0.2) is 31.0 Å². The van der Waals surface area contributed by atoms with Gasteiger partial charge in [0.05, 0.1) is 24.1 Å². The molecule has 0 bridgehead atoms. The molecule has 1 N–H and O–H groups in total. The van der Waals surface area contributed by atoms with Crippen LogP contribution in [-0.4, -0.2) is 65.5 Å². The van der Waals surface area contributed by atoms with Crippen LogP contribution in [0.1, 0.15) is 49.5 Å². The maximum Gasteiger partial charge on any atom is 0.410 e. The minimum Gasteiger partial charge on any atom is -0.444 e. The SMILES string of the molecule is CC(C)(C)OC(=O)N1CCC(n2cc(NC(=O)c3nnc(-c4cnccn4)s3)cn2)CC1. The van der Waals surface area contributed by atoms with Gasteiger partial charge in [-0.3, -0.25) is 19.4 Å². The van der Waals surface area contributed by atoms with Crippen molar-refractivity contribution >= 4 is 29.0 Å². The molecule has 1 fully saturated rings. The van der Waals surface area contributed by atoms with E-state index < -0.39 is 5.60 Å². The molecule has 1 aliphatic rings. The van der Waals surface area contributed by atoms with E-state index in [2.05, 4.69) is 30.6 Å². The van der Waals surface area contributed by atoms with Gasteiger partial charge in [-0.25, -0.2) is 4.79 Å². The van der Waals surface area contributed by atoms with Gasteiger partial charge in [0.2, 0.25) is 5.01 Å². The minimum atomic E-state index is -0.509. The van der Waals surface area contributed by atoms with E-state index in [1.165, 1.54) is 0 Å². The molecule has 168 valence electrons. The zero-order valence-corrected chi connectivity index (χ0v) is 18.9. The molecule has 0 spiro atoms. The van der Waals surface area contributed by atoms with E-state index in [1.54, 1.807) is 35.9 Å². The summed E-state index contributed by atoms with van der Waals surface area (Å²) in [6, 6.07) is 0.143. The smallest absolute Gasteiger partial charge is 0.410 e. The van der Waals surface area contributed by atoms with E-state index in [0.717, 1.165) is 24.2 Å². The average molecular weight is 457 g/mol. The molecule has 0 aliphatic carbocycles. The monoisotopic (exact) mass is 456 g/mol. The van der Waals surface area contributed by atoms with Gasteiger partial charge < -0.3 is 15.0 Å². The van der Waals surface area contributed by atoms with Gasteiger partial charge in [0.15, 0.2) is 5.01 Å². The highest BCUT2D eigenvalue weighted by Crippen LogP contribution is 2.25. The Morgan fingerprint density at radius 1 is 1.16 bits per heavy atom. The highest BCUT2D eigenvalue weighted by Gasteiger charge is 2.28. The Balaban J connectivity index is 1.32. The van der Waals surface area contributed by atoms with Crippen molar-refractivity contribution in [2.75, 3.05) is 18.4 Å². The summed E-state index contributed by atoms with van der Waals surface area (Å²) >= 11 is 1.14. The van der Waals surface area contributed by atoms with Gasteiger partial charge in [0, 0.05) is 31.7 Å². The van der Waals surface area contributed by atoms with Gasteiger partial charge in [-0.15, -0.1) is 10.2 Å². The number of hydrogen-bond donors (Lipinski definition) is 1. The first-order valence-electron chi connectivity index (χ1n) is 10.2. The summed E-state index contributed by atoms with van der Waals surface area (Å²) < 4.78 is 7.26. The molecule has 1 aliphatic heterocycles. The van der Waals surface area contributed by atoms with Crippen LogP contribution < -0.4 is 5.32 Å². The third-order valence-electron chi connectivity index (χ3n) is 4.75. The summed E-state index contributed by atoms with van der Waals surface area (Å²) in [6.07, 6.45) is 9.31. The summed E-state index contributed by atoms with van der Waals surface area (Å²) in [7, 11) is 0. The highest BCUT2D eigenvalue weighted by molar-refractivity contribution is 7.16. The van der Waals surface area contributed by atoms with Crippen molar-refractivity contribution in [3.8, 4) is 10.7 Å². The third-order valence-corrected chi connectivity index (χ3v) is 5.70. The molecule has 12 heteroatoms. The maximum absolute atomic E-state index is 12.5. The van der Waals surface area contributed by atoms with Gasteiger partial charge in [-0.2, -0.15) is 5.10 Å². The summed E-state index contributed by atoms with van der Waals surface area (Å²) in [5, 5.41) is 15.9. The largest absolute Gasteiger partial charge is 0.444 e. The number of piperidine rings is 1. The molecule has 2 amide bonds.